The summed E-state index contributed by atoms with van der Waals surface area (Å²) in [4.78, 5) is 13.3. The van der Waals surface area contributed by atoms with Gasteiger partial charge in [0.25, 0.3) is 11.9 Å². The summed E-state index contributed by atoms with van der Waals surface area (Å²) in [5.41, 5.74) is 0.654. The van der Waals surface area contributed by atoms with Gasteiger partial charge in [-0.05, 0) is 17.3 Å². The summed E-state index contributed by atoms with van der Waals surface area (Å²) >= 11 is 0. The van der Waals surface area contributed by atoms with Crippen LogP contribution >= 0.6 is 0 Å². The molecule has 0 aliphatic rings. The molecule has 0 saturated heterocycles. The highest BCUT2D eigenvalue weighted by molar-refractivity contribution is 6.03. The van der Waals surface area contributed by atoms with Crippen LogP contribution in [0.4, 0.5) is 5.95 Å². The van der Waals surface area contributed by atoms with Crippen molar-refractivity contribution in [1.29, 1.82) is 0 Å². The van der Waals surface area contributed by atoms with Crippen molar-refractivity contribution in [2.75, 3.05) is 5.32 Å². The standard InChI is InChI=1S/C13H11N5O2/c1-2-7-18-16-13(15-17-18)14-12(19)11-8-9-5-3-4-6-10(9)20-11/h2-6,8H,1,7H2,(H,14,16,19). The number of allylic oxidation sites excluding steroid dienone is 1. The number of tetrazole rings is 1. The van der Waals surface area contributed by atoms with Gasteiger partial charge in [0.2, 0.25) is 0 Å². The molecule has 0 bridgehead atoms. The highest BCUT2D eigenvalue weighted by Gasteiger charge is 2.14. The number of anilines is 1. The lowest BCUT2D eigenvalue weighted by Crippen LogP contribution is -2.12. The fraction of sp³-hybridized carbons (Fsp3) is 0.0769. The van der Waals surface area contributed by atoms with Crippen molar-refractivity contribution in [3.05, 3.63) is 48.7 Å². The number of para-hydroxylation sites is 1. The second-order valence-corrected chi connectivity index (χ2v) is 4.06. The summed E-state index contributed by atoms with van der Waals surface area (Å²) in [5.74, 6) is -0.0945. The van der Waals surface area contributed by atoms with Crippen molar-refractivity contribution >= 4 is 22.8 Å². The van der Waals surface area contributed by atoms with E-state index in [4.69, 9.17) is 4.42 Å². The Bertz CT molecular complexity index is 741. The number of furan rings is 1. The van der Waals surface area contributed by atoms with Crippen LogP contribution in [0.2, 0.25) is 0 Å². The van der Waals surface area contributed by atoms with Gasteiger partial charge in [-0.1, -0.05) is 29.4 Å². The van der Waals surface area contributed by atoms with Gasteiger partial charge in [0.1, 0.15) is 5.58 Å². The van der Waals surface area contributed by atoms with Crippen LogP contribution < -0.4 is 5.32 Å². The molecule has 1 amide bonds. The molecule has 2 aromatic heterocycles. The maximum atomic E-state index is 12.0. The number of carbonyl (C=O) groups excluding carboxylic acids is 1. The number of aromatic nitrogens is 4. The molecule has 0 radical (unpaired) electrons. The Hall–Kier alpha value is -2.96. The van der Waals surface area contributed by atoms with Crippen LogP contribution in [0.5, 0.6) is 0 Å². The monoisotopic (exact) mass is 269 g/mol. The van der Waals surface area contributed by atoms with Gasteiger partial charge in [0.15, 0.2) is 5.76 Å². The van der Waals surface area contributed by atoms with Gasteiger partial charge in [-0.2, -0.15) is 4.80 Å². The Balaban J connectivity index is 1.79. The van der Waals surface area contributed by atoms with E-state index in [0.29, 0.717) is 12.1 Å². The summed E-state index contributed by atoms with van der Waals surface area (Å²) < 4.78 is 5.45. The van der Waals surface area contributed by atoms with Crippen LogP contribution in [-0.2, 0) is 6.54 Å². The summed E-state index contributed by atoms with van der Waals surface area (Å²) in [6.45, 7) is 3.99. The smallest absolute Gasteiger partial charge is 0.293 e. The average molecular weight is 269 g/mol. The number of nitrogens with one attached hydrogen (secondary N) is 1. The highest BCUT2D eigenvalue weighted by Crippen LogP contribution is 2.19. The Morgan fingerprint density at radius 2 is 2.30 bits per heavy atom. The molecule has 0 unspecified atom stereocenters. The molecular formula is C13H11N5O2. The molecule has 20 heavy (non-hydrogen) atoms. The van der Waals surface area contributed by atoms with Crippen LogP contribution in [0.1, 0.15) is 10.6 Å². The third-order valence-electron chi connectivity index (χ3n) is 2.62. The lowest BCUT2D eigenvalue weighted by molar-refractivity contribution is 0.0998. The summed E-state index contributed by atoms with van der Waals surface area (Å²) in [5, 5.41) is 14.8. The third-order valence-corrected chi connectivity index (χ3v) is 2.62. The van der Waals surface area contributed by atoms with Crippen molar-refractivity contribution in [2.24, 2.45) is 0 Å². The zero-order chi connectivity index (χ0) is 13.9. The average Bonchev–Trinajstić information content (AvgIpc) is 3.05. The van der Waals surface area contributed by atoms with Crippen molar-refractivity contribution in [3.8, 4) is 0 Å². The topological polar surface area (TPSA) is 85.8 Å². The number of hydrogen-bond acceptors (Lipinski definition) is 5. The number of benzene rings is 1. The largest absolute Gasteiger partial charge is 0.451 e. The van der Waals surface area contributed by atoms with Crippen LogP contribution in [0.3, 0.4) is 0 Å². The van der Waals surface area contributed by atoms with Crippen LogP contribution in [0, 0.1) is 0 Å². The van der Waals surface area contributed by atoms with Crippen LogP contribution in [0.15, 0.2) is 47.4 Å². The third kappa shape index (κ3) is 2.28. The molecule has 1 aromatic carbocycles. The predicted molar refractivity (Wildman–Crippen MR) is 72.2 cm³/mol. The first-order valence-electron chi connectivity index (χ1n) is 5.95. The maximum Gasteiger partial charge on any atom is 0.293 e. The SMILES string of the molecule is C=CCn1nnc(NC(=O)c2cc3ccccc3o2)n1. The first-order valence-corrected chi connectivity index (χ1v) is 5.95. The van der Waals surface area contributed by atoms with Crippen LogP contribution in [0.25, 0.3) is 11.0 Å². The minimum Gasteiger partial charge on any atom is -0.451 e. The summed E-state index contributed by atoms with van der Waals surface area (Å²) in [7, 11) is 0. The molecule has 0 aliphatic heterocycles. The quantitative estimate of drug-likeness (QED) is 0.730. The van der Waals surface area contributed by atoms with Crippen molar-refractivity contribution in [3.63, 3.8) is 0 Å². The number of hydrogen-bond donors (Lipinski definition) is 1. The zero-order valence-electron chi connectivity index (χ0n) is 10.5. The van der Waals surface area contributed by atoms with E-state index in [1.54, 1.807) is 18.2 Å². The van der Waals surface area contributed by atoms with E-state index in [9.17, 15) is 4.79 Å². The lowest BCUT2D eigenvalue weighted by atomic mass is 10.2. The van der Waals surface area contributed by atoms with Crippen LogP contribution in [-0.4, -0.2) is 26.1 Å². The number of fused-ring (bicyclic) bond motifs is 1. The summed E-state index contributed by atoms with van der Waals surface area (Å²) in [6, 6.07) is 9.05. The molecule has 3 aromatic rings. The molecule has 0 aliphatic carbocycles. The lowest BCUT2D eigenvalue weighted by Gasteiger charge is -1.95. The van der Waals surface area contributed by atoms with Gasteiger partial charge in [-0.25, -0.2) is 0 Å². The van der Waals surface area contributed by atoms with Gasteiger partial charge in [0.05, 0.1) is 6.54 Å². The second-order valence-electron chi connectivity index (χ2n) is 4.06. The van der Waals surface area contributed by atoms with E-state index < -0.39 is 5.91 Å². The second kappa shape index (κ2) is 4.96. The Morgan fingerprint density at radius 1 is 1.45 bits per heavy atom. The first-order chi connectivity index (χ1) is 9.76. The molecule has 1 N–H and O–H groups in total. The normalized spacial score (nSPS) is 10.6. The first kappa shape index (κ1) is 12.1. The number of carbonyl (C=O) groups is 1. The van der Waals surface area contributed by atoms with Crippen molar-refractivity contribution < 1.29 is 9.21 Å². The molecular weight excluding hydrogens is 258 g/mol. The Labute approximate surface area is 113 Å². The van der Waals surface area contributed by atoms with E-state index in [1.807, 2.05) is 18.2 Å². The van der Waals surface area contributed by atoms with E-state index in [-0.39, 0.29) is 11.7 Å². The molecule has 0 fully saturated rings. The molecule has 7 nitrogen and oxygen atoms in total. The minimum atomic E-state index is -0.417. The zero-order valence-corrected chi connectivity index (χ0v) is 10.5. The molecule has 0 saturated carbocycles. The van der Waals surface area contributed by atoms with E-state index in [1.165, 1.54) is 4.80 Å². The molecule has 7 heteroatoms. The van der Waals surface area contributed by atoms with Gasteiger partial charge < -0.3 is 4.42 Å². The minimum absolute atomic E-state index is 0.123. The predicted octanol–water partition coefficient (Wildman–Crippen LogP) is 1.86. The highest BCUT2D eigenvalue weighted by atomic mass is 16.3. The Morgan fingerprint density at radius 3 is 3.10 bits per heavy atom. The van der Waals surface area contributed by atoms with Gasteiger partial charge in [-0.15, -0.1) is 11.7 Å². The number of amides is 1. The number of nitrogens with zero attached hydrogens (tertiary/aromatic N) is 4. The van der Waals surface area contributed by atoms with E-state index in [0.717, 1.165) is 5.39 Å². The Kier molecular flexibility index (Phi) is 3.00. The van der Waals surface area contributed by atoms with Crippen molar-refractivity contribution in [1.82, 2.24) is 20.2 Å². The number of rotatable bonds is 4. The van der Waals surface area contributed by atoms with Gasteiger partial charge in [0, 0.05) is 5.39 Å². The molecule has 0 spiro atoms. The molecule has 2 heterocycles. The van der Waals surface area contributed by atoms with Gasteiger partial charge in [-0.3, -0.25) is 10.1 Å². The maximum absolute atomic E-state index is 12.0. The fourth-order valence-electron chi connectivity index (χ4n) is 1.74. The fourth-order valence-corrected chi connectivity index (χ4v) is 1.74. The summed E-state index contributed by atoms with van der Waals surface area (Å²) in [6.07, 6.45) is 1.63. The van der Waals surface area contributed by atoms with Gasteiger partial charge >= 0.3 is 0 Å². The molecule has 0 atom stereocenters. The van der Waals surface area contributed by atoms with Crippen molar-refractivity contribution in [2.45, 2.75) is 6.54 Å². The van der Waals surface area contributed by atoms with E-state index >= 15 is 0 Å². The molecule has 100 valence electrons. The molecule has 3 rings (SSSR count). The van der Waals surface area contributed by atoms with E-state index in [2.05, 4.69) is 27.3 Å².